The molecule has 0 aromatic heterocycles. The van der Waals surface area contributed by atoms with Gasteiger partial charge < -0.3 is 14.8 Å². The zero-order valence-electron chi connectivity index (χ0n) is 15.9. The van der Waals surface area contributed by atoms with Crippen molar-refractivity contribution in [2.75, 3.05) is 13.7 Å². The zero-order chi connectivity index (χ0) is 20.7. The number of nitrogens with one attached hydrogen (secondary N) is 1. The van der Waals surface area contributed by atoms with E-state index < -0.39 is 30.3 Å². The Morgan fingerprint density at radius 3 is 2.07 bits per heavy atom. The molecule has 0 aliphatic carbocycles. The number of hydrogen-bond acceptors (Lipinski definition) is 5. The van der Waals surface area contributed by atoms with Crippen molar-refractivity contribution in [2.45, 2.75) is 19.9 Å². The summed E-state index contributed by atoms with van der Waals surface area (Å²) in [6.07, 6.45) is 0. The van der Waals surface area contributed by atoms with E-state index in [9.17, 15) is 18.8 Å². The number of carbonyl (C=O) groups excluding carboxylic acids is 3. The zero-order valence-corrected chi connectivity index (χ0v) is 15.9. The largest absolute Gasteiger partial charge is 0.497 e. The van der Waals surface area contributed by atoms with Gasteiger partial charge in [-0.25, -0.2) is 9.18 Å². The SMILES string of the molecule is COc1ccc(C(=O)COC(=O)[C@@H](NC(=O)c2ccc(F)cc2)C(C)C)cc1. The van der Waals surface area contributed by atoms with E-state index in [2.05, 4.69) is 5.32 Å². The number of amides is 1. The van der Waals surface area contributed by atoms with Gasteiger partial charge in [0, 0.05) is 11.1 Å². The second-order valence-corrected chi connectivity index (χ2v) is 6.46. The Morgan fingerprint density at radius 2 is 1.54 bits per heavy atom. The van der Waals surface area contributed by atoms with Crippen LogP contribution in [0.4, 0.5) is 4.39 Å². The summed E-state index contributed by atoms with van der Waals surface area (Å²) in [5.74, 6) is -1.74. The molecule has 0 fully saturated rings. The molecule has 1 N–H and O–H groups in total. The third kappa shape index (κ3) is 5.64. The molecular formula is C21H22FNO5. The van der Waals surface area contributed by atoms with Crippen molar-refractivity contribution in [3.8, 4) is 5.75 Å². The van der Waals surface area contributed by atoms with Gasteiger partial charge in [0.1, 0.15) is 17.6 Å². The van der Waals surface area contributed by atoms with E-state index in [1.165, 1.54) is 19.2 Å². The molecule has 2 rings (SSSR count). The van der Waals surface area contributed by atoms with E-state index >= 15 is 0 Å². The molecule has 0 unspecified atom stereocenters. The van der Waals surface area contributed by atoms with Crippen LogP contribution in [0.1, 0.15) is 34.6 Å². The van der Waals surface area contributed by atoms with Crippen LogP contribution < -0.4 is 10.1 Å². The summed E-state index contributed by atoms with van der Waals surface area (Å²) >= 11 is 0. The summed E-state index contributed by atoms with van der Waals surface area (Å²) in [5.41, 5.74) is 0.596. The first-order valence-electron chi connectivity index (χ1n) is 8.72. The van der Waals surface area contributed by atoms with Crippen molar-refractivity contribution in [3.63, 3.8) is 0 Å². The Hall–Kier alpha value is -3.22. The minimum absolute atomic E-state index is 0.217. The van der Waals surface area contributed by atoms with Gasteiger partial charge in [0.25, 0.3) is 5.91 Å². The van der Waals surface area contributed by atoms with Gasteiger partial charge in [-0.15, -0.1) is 0 Å². The van der Waals surface area contributed by atoms with E-state index in [1.54, 1.807) is 38.1 Å². The van der Waals surface area contributed by atoms with Crippen LogP contribution >= 0.6 is 0 Å². The van der Waals surface area contributed by atoms with Crippen LogP contribution in [-0.2, 0) is 9.53 Å². The second kappa shape index (κ2) is 9.64. The third-order valence-corrected chi connectivity index (χ3v) is 4.07. The first-order valence-corrected chi connectivity index (χ1v) is 8.72. The molecule has 0 saturated heterocycles. The number of hydrogen-bond donors (Lipinski definition) is 1. The van der Waals surface area contributed by atoms with Gasteiger partial charge in [0.2, 0.25) is 0 Å². The van der Waals surface area contributed by atoms with Crippen molar-refractivity contribution in [1.29, 1.82) is 0 Å². The summed E-state index contributed by atoms with van der Waals surface area (Å²) in [4.78, 5) is 36.8. The van der Waals surface area contributed by atoms with Crippen molar-refractivity contribution < 1.29 is 28.2 Å². The Balaban J connectivity index is 1.97. The first-order chi connectivity index (χ1) is 13.3. The molecule has 0 aliphatic heterocycles. The molecule has 0 radical (unpaired) electrons. The second-order valence-electron chi connectivity index (χ2n) is 6.46. The summed E-state index contributed by atoms with van der Waals surface area (Å²) in [6.45, 7) is 3.03. The number of ketones is 1. The van der Waals surface area contributed by atoms with Crippen LogP contribution in [0.3, 0.4) is 0 Å². The highest BCUT2D eigenvalue weighted by atomic mass is 19.1. The van der Waals surface area contributed by atoms with E-state index in [-0.39, 0.29) is 17.3 Å². The Kier molecular flexibility index (Phi) is 7.26. The van der Waals surface area contributed by atoms with Crippen molar-refractivity contribution in [1.82, 2.24) is 5.32 Å². The maximum absolute atomic E-state index is 13.0. The molecule has 0 spiro atoms. The van der Waals surface area contributed by atoms with Gasteiger partial charge in [-0.3, -0.25) is 9.59 Å². The van der Waals surface area contributed by atoms with Crippen LogP contribution in [-0.4, -0.2) is 37.4 Å². The van der Waals surface area contributed by atoms with Crippen LogP contribution in [0.2, 0.25) is 0 Å². The highest BCUT2D eigenvalue weighted by molar-refractivity contribution is 5.99. The number of esters is 1. The van der Waals surface area contributed by atoms with Gasteiger partial charge in [-0.05, 0) is 54.4 Å². The van der Waals surface area contributed by atoms with Crippen LogP contribution in [0.5, 0.6) is 5.75 Å². The lowest BCUT2D eigenvalue weighted by atomic mass is 10.0. The molecule has 6 nitrogen and oxygen atoms in total. The predicted octanol–water partition coefficient (Wildman–Crippen LogP) is 3.01. The summed E-state index contributed by atoms with van der Waals surface area (Å²) in [7, 11) is 1.52. The van der Waals surface area contributed by atoms with Crippen molar-refractivity contribution in [3.05, 3.63) is 65.5 Å². The molecule has 2 aromatic rings. The molecule has 28 heavy (non-hydrogen) atoms. The number of ether oxygens (including phenoxy) is 2. The van der Waals surface area contributed by atoms with Gasteiger partial charge >= 0.3 is 5.97 Å². The molecule has 148 valence electrons. The van der Waals surface area contributed by atoms with Crippen molar-refractivity contribution >= 4 is 17.7 Å². The minimum Gasteiger partial charge on any atom is -0.497 e. The van der Waals surface area contributed by atoms with Crippen LogP contribution in [0.15, 0.2) is 48.5 Å². The molecule has 0 heterocycles. The number of methoxy groups -OCH3 is 1. The predicted molar refractivity (Wildman–Crippen MR) is 101 cm³/mol. The molecule has 7 heteroatoms. The summed E-state index contributed by atoms with van der Waals surface area (Å²) < 4.78 is 23.1. The normalized spacial score (nSPS) is 11.6. The van der Waals surface area contributed by atoms with Gasteiger partial charge in [0.15, 0.2) is 12.4 Å². The molecule has 1 amide bonds. The van der Waals surface area contributed by atoms with E-state index in [0.29, 0.717) is 11.3 Å². The van der Waals surface area contributed by atoms with Crippen molar-refractivity contribution in [2.24, 2.45) is 5.92 Å². The molecule has 0 aliphatic rings. The van der Waals surface area contributed by atoms with Gasteiger partial charge in [-0.2, -0.15) is 0 Å². The fraction of sp³-hybridized carbons (Fsp3) is 0.286. The highest BCUT2D eigenvalue weighted by Gasteiger charge is 2.27. The van der Waals surface area contributed by atoms with E-state index in [1.807, 2.05) is 0 Å². The van der Waals surface area contributed by atoms with Gasteiger partial charge in [0.05, 0.1) is 7.11 Å². The topological polar surface area (TPSA) is 81.7 Å². The minimum atomic E-state index is -0.943. The maximum Gasteiger partial charge on any atom is 0.329 e. The number of halogens is 1. The number of rotatable bonds is 8. The average molecular weight is 387 g/mol. The lowest BCUT2D eigenvalue weighted by Crippen LogP contribution is -2.45. The summed E-state index contributed by atoms with van der Waals surface area (Å²) in [5, 5.41) is 2.57. The molecule has 0 saturated carbocycles. The third-order valence-electron chi connectivity index (χ3n) is 4.07. The number of benzene rings is 2. The highest BCUT2D eigenvalue weighted by Crippen LogP contribution is 2.13. The summed E-state index contributed by atoms with van der Waals surface area (Å²) in [6, 6.07) is 10.4. The standard InChI is InChI=1S/C21H22FNO5/c1-13(2)19(23-20(25)15-4-8-16(22)9-5-15)21(26)28-12-18(24)14-6-10-17(27-3)11-7-14/h4-11,13,19H,12H2,1-3H3,(H,23,25)/t19-/m0/s1. The fourth-order valence-electron chi connectivity index (χ4n) is 2.41. The molecule has 2 aromatic carbocycles. The van der Waals surface area contributed by atoms with Crippen LogP contribution in [0.25, 0.3) is 0 Å². The average Bonchev–Trinajstić information content (AvgIpc) is 2.70. The first kappa shape index (κ1) is 21.1. The molecular weight excluding hydrogens is 365 g/mol. The lowest BCUT2D eigenvalue weighted by molar-refractivity contribution is -0.145. The van der Waals surface area contributed by atoms with Gasteiger partial charge in [-0.1, -0.05) is 13.8 Å². The monoisotopic (exact) mass is 387 g/mol. The number of carbonyl (C=O) groups is 3. The smallest absolute Gasteiger partial charge is 0.329 e. The Labute approximate surface area is 162 Å². The Morgan fingerprint density at radius 1 is 0.964 bits per heavy atom. The van der Waals surface area contributed by atoms with Crippen LogP contribution in [0, 0.1) is 11.7 Å². The molecule has 0 bridgehead atoms. The quantitative estimate of drug-likeness (QED) is 0.556. The van der Waals surface area contributed by atoms with E-state index in [4.69, 9.17) is 9.47 Å². The fourth-order valence-corrected chi connectivity index (χ4v) is 2.41. The lowest BCUT2D eigenvalue weighted by Gasteiger charge is -2.20. The van der Waals surface area contributed by atoms with E-state index in [0.717, 1.165) is 12.1 Å². The Bertz CT molecular complexity index is 831. The molecule has 1 atom stereocenters. The number of Topliss-reactive ketones (excluding diaryl/α,β-unsaturated/α-hetero) is 1. The maximum atomic E-state index is 13.0.